The van der Waals surface area contributed by atoms with Gasteiger partial charge in [-0.2, -0.15) is 0 Å². The molecule has 4 atom stereocenters. The van der Waals surface area contributed by atoms with Crippen molar-refractivity contribution < 1.29 is 0 Å². The third-order valence-electron chi connectivity index (χ3n) is 6.28. The predicted octanol–water partition coefficient (Wildman–Crippen LogP) is 5.13. The Hall–Kier alpha value is 0. The van der Waals surface area contributed by atoms with Gasteiger partial charge in [0.1, 0.15) is 0 Å². The SMILES string of the molecule is CC1CCC2C1C(C)C(C)(C)CCC2(C)C. The molecule has 0 heterocycles. The molecule has 0 aromatic carbocycles. The Morgan fingerprint density at radius 3 is 2.00 bits per heavy atom. The molecule has 2 saturated carbocycles. The molecule has 0 saturated heterocycles. The van der Waals surface area contributed by atoms with Gasteiger partial charge in [-0.25, -0.2) is 0 Å². The third-order valence-corrected chi connectivity index (χ3v) is 6.28. The van der Waals surface area contributed by atoms with E-state index in [2.05, 4.69) is 41.5 Å². The van der Waals surface area contributed by atoms with Crippen LogP contribution in [0.2, 0.25) is 0 Å². The summed E-state index contributed by atoms with van der Waals surface area (Å²) in [7, 11) is 0. The van der Waals surface area contributed by atoms with Crippen LogP contribution in [-0.4, -0.2) is 0 Å². The van der Waals surface area contributed by atoms with E-state index in [1.54, 1.807) is 0 Å². The van der Waals surface area contributed by atoms with Crippen LogP contribution in [0.5, 0.6) is 0 Å². The summed E-state index contributed by atoms with van der Waals surface area (Å²) >= 11 is 0. The zero-order valence-electron chi connectivity index (χ0n) is 12.1. The summed E-state index contributed by atoms with van der Waals surface area (Å²) in [5, 5.41) is 0. The normalized spacial score (nSPS) is 46.1. The van der Waals surface area contributed by atoms with Crippen LogP contribution in [-0.2, 0) is 0 Å². The molecular formula is C16H30. The lowest BCUT2D eigenvalue weighted by molar-refractivity contribution is 0.0926. The fourth-order valence-corrected chi connectivity index (χ4v) is 4.56. The average Bonchev–Trinajstić information content (AvgIpc) is 2.54. The van der Waals surface area contributed by atoms with Gasteiger partial charge in [-0.1, -0.05) is 48.0 Å². The fraction of sp³-hybridized carbons (Fsp3) is 1.00. The van der Waals surface area contributed by atoms with Gasteiger partial charge in [-0.05, 0) is 53.8 Å². The summed E-state index contributed by atoms with van der Waals surface area (Å²) in [5.41, 5.74) is 1.13. The number of hydrogen-bond acceptors (Lipinski definition) is 0. The summed E-state index contributed by atoms with van der Waals surface area (Å²) in [6.45, 7) is 15.1. The molecule has 0 radical (unpaired) electrons. The molecular weight excluding hydrogens is 192 g/mol. The Kier molecular flexibility index (Phi) is 2.92. The van der Waals surface area contributed by atoms with E-state index >= 15 is 0 Å². The van der Waals surface area contributed by atoms with E-state index in [1.807, 2.05) is 0 Å². The third kappa shape index (κ3) is 1.83. The van der Waals surface area contributed by atoms with Crippen molar-refractivity contribution >= 4 is 0 Å². The van der Waals surface area contributed by atoms with Crippen molar-refractivity contribution in [3.8, 4) is 0 Å². The zero-order valence-corrected chi connectivity index (χ0v) is 12.1. The maximum absolute atomic E-state index is 2.53. The van der Waals surface area contributed by atoms with Gasteiger partial charge in [-0.15, -0.1) is 0 Å². The number of hydrogen-bond donors (Lipinski definition) is 0. The Morgan fingerprint density at radius 1 is 0.812 bits per heavy atom. The standard InChI is InChI=1S/C16H30/c1-11-7-8-13-14(11)12(2)15(3,4)9-10-16(13,5)6/h11-14H,7-10H2,1-6H3. The Morgan fingerprint density at radius 2 is 1.38 bits per heavy atom. The van der Waals surface area contributed by atoms with Gasteiger partial charge < -0.3 is 0 Å². The van der Waals surface area contributed by atoms with Gasteiger partial charge >= 0.3 is 0 Å². The van der Waals surface area contributed by atoms with Crippen molar-refractivity contribution in [3.63, 3.8) is 0 Å². The molecule has 0 spiro atoms. The minimum atomic E-state index is 0.551. The van der Waals surface area contributed by atoms with E-state index < -0.39 is 0 Å². The molecule has 2 aliphatic carbocycles. The molecule has 2 rings (SSSR count). The highest BCUT2D eigenvalue weighted by Gasteiger charge is 2.50. The van der Waals surface area contributed by atoms with Crippen LogP contribution in [0.4, 0.5) is 0 Å². The van der Waals surface area contributed by atoms with Gasteiger partial charge in [-0.3, -0.25) is 0 Å². The molecule has 0 bridgehead atoms. The van der Waals surface area contributed by atoms with E-state index in [-0.39, 0.29) is 0 Å². The molecule has 2 fully saturated rings. The molecule has 94 valence electrons. The second kappa shape index (κ2) is 3.75. The van der Waals surface area contributed by atoms with Gasteiger partial charge in [0.15, 0.2) is 0 Å². The first-order chi connectivity index (χ1) is 7.26. The topological polar surface area (TPSA) is 0 Å². The van der Waals surface area contributed by atoms with Crippen LogP contribution >= 0.6 is 0 Å². The first kappa shape index (κ1) is 12.5. The van der Waals surface area contributed by atoms with Crippen LogP contribution in [0.25, 0.3) is 0 Å². The minimum absolute atomic E-state index is 0.551. The molecule has 0 aliphatic heterocycles. The van der Waals surface area contributed by atoms with Crippen LogP contribution < -0.4 is 0 Å². The summed E-state index contributed by atoms with van der Waals surface area (Å²) < 4.78 is 0. The Labute approximate surface area is 102 Å². The minimum Gasteiger partial charge on any atom is -0.0622 e. The highest BCUT2D eigenvalue weighted by Crippen LogP contribution is 2.58. The molecule has 0 nitrogen and oxygen atoms in total. The molecule has 4 unspecified atom stereocenters. The van der Waals surface area contributed by atoms with E-state index in [4.69, 9.17) is 0 Å². The molecule has 16 heavy (non-hydrogen) atoms. The molecule has 0 heteroatoms. The van der Waals surface area contributed by atoms with Crippen LogP contribution in [0, 0.1) is 34.5 Å². The maximum Gasteiger partial charge on any atom is -0.0323 e. The van der Waals surface area contributed by atoms with Gasteiger partial charge in [0, 0.05) is 0 Å². The van der Waals surface area contributed by atoms with Crippen LogP contribution in [0.3, 0.4) is 0 Å². The maximum atomic E-state index is 2.53. The van der Waals surface area contributed by atoms with Gasteiger partial charge in [0.05, 0.1) is 0 Å². The second-order valence-electron chi connectivity index (χ2n) is 8.00. The summed E-state index contributed by atoms with van der Waals surface area (Å²) in [6, 6.07) is 0. The average molecular weight is 222 g/mol. The largest absolute Gasteiger partial charge is 0.0622 e. The Bertz CT molecular complexity index is 261. The van der Waals surface area contributed by atoms with Crippen molar-refractivity contribution in [3.05, 3.63) is 0 Å². The summed E-state index contributed by atoms with van der Waals surface area (Å²) in [5.74, 6) is 3.82. The fourth-order valence-electron chi connectivity index (χ4n) is 4.56. The van der Waals surface area contributed by atoms with Crippen molar-refractivity contribution in [2.24, 2.45) is 34.5 Å². The molecule has 0 aromatic rings. The Balaban J connectivity index is 2.35. The van der Waals surface area contributed by atoms with Crippen LogP contribution in [0.1, 0.15) is 67.2 Å². The highest BCUT2D eigenvalue weighted by molar-refractivity contribution is 4.99. The monoisotopic (exact) mass is 222 g/mol. The van der Waals surface area contributed by atoms with Gasteiger partial charge in [0.2, 0.25) is 0 Å². The molecule has 0 aromatic heterocycles. The van der Waals surface area contributed by atoms with Crippen molar-refractivity contribution in [2.75, 3.05) is 0 Å². The van der Waals surface area contributed by atoms with E-state index in [0.29, 0.717) is 10.8 Å². The van der Waals surface area contributed by atoms with Gasteiger partial charge in [0.25, 0.3) is 0 Å². The van der Waals surface area contributed by atoms with Crippen molar-refractivity contribution in [2.45, 2.75) is 67.2 Å². The second-order valence-corrected chi connectivity index (χ2v) is 8.00. The van der Waals surface area contributed by atoms with Crippen molar-refractivity contribution in [1.29, 1.82) is 0 Å². The van der Waals surface area contributed by atoms with Crippen molar-refractivity contribution in [1.82, 2.24) is 0 Å². The summed E-state index contributed by atoms with van der Waals surface area (Å²) in [6.07, 6.45) is 5.80. The quantitative estimate of drug-likeness (QED) is 0.533. The molecule has 2 aliphatic rings. The lowest BCUT2D eigenvalue weighted by Crippen LogP contribution is -2.33. The smallest absolute Gasteiger partial charge is 0.0323 e. The number of fused-ring (bicyclic) bond motifs is 1. The van der Waals surface area contributed by atoms with Crippen LogP contribution in [0.15, 0.2) is 0 Å². The first-order valence-corrected chi connectivity index (χ1v) is 7.26. The zero-order chi connectivity index (χ0) is 12.1. The predicted molar refractivity (Wildman–Crippen MR) is 71.3 cm³/mol. The lowest BCUT2D eigenvalue weighted by Gasteiger charge is -2.39. The highest BCUT2D eigenvalue weighted by atomic mass is 14.6. The molecule has 0 N–H and O–H groups in total. The van der Waals surface area contributed by atoms with E-state index in [0.717, 1.165) is 23.7 Å². The summed E-state index contributed by atoms with van der Waals surface area (Å²) in [4.78, 5) is 0. The van der Waals surface area contributed by atoms with E-state index in [9.17, 15) is 0 Å². The lowest BCUT2D eigenvalue weighted by atomic mass is 9.66. The van der Waals surface area contributed by atoms with E-state index in [1.165, 1.54) is 25.7 Å². The first-order valence-electron chi connectivity index (χ1n) is 7.26. The molecule has 0 amide bonds. The number of rotatable bonds is 0.